The predicted molar refractivity (Wildman–Crippen MR) is 85.2 cm³/mol. The highest BCUT2D eigenvalue weighted by Crippen LogP contribution is 2.30. The Morgan fingerprint density at radius 2 is 1.48 bits per heavy atom. The van der Waals surface area contributed by atoms with E-state index in [1.54, 1.807) is 0 Å². The van der Waals surface area contributed by atoms with Gasteiger partial charge in [-0.2, -0.15) is 0 Å². The minimum Gasteiger partial charge on any atom is -0.479 e. The topological polar surface area (TPSA) is 55.8 Å². The number of aliphatic carboxylic acids is 1. The van der Waals surface area contributed by atoms with Crippen LogP contribution in [0.25, 0.3) is 0 Å². The Balaban J connectivity index is 4.79. The van der Waals surface area contributed by atoms with Crippen LogP contribution >= 0.6 is 0 Å². The molecule has 0 aromatic heterocycles. The number of hydrogen-bond donors (Lipinski definition) is 1. The Hall–Kier alpha value is -0.610. The van der Waals surface area contributed by atoms with Gasteiger partial charge < -0.3 is 5.11 Å². The summed E-state index contributed by atoms with van der Waals surface area (Å²) in [5, 5.41) is 9.67. The normalized spacial score (nSPS) is 14.9. The van der Waals surface area contributed by atoms with Gasteiger partial charge in [0.25, 0.3) is 0 Å². The van der Waals surface area contributed by atoms with Crippen LogP contribution in [0, 0.1) is 0 Å². The van der Waals surface area contributed by atoms with Gasteiger partial charge in [0, 0.05) is 0 Å². The Labute approximate surface area is 130 Å². The molecule has 1 N–H and O–H groups in total. The first kappa shape index (κ1) is 20.4. The number of unbranched alkanes of at least 4 members (excludes halogenated alkanes) is 4. The van der Waals surface area contributed by atoms with E-state index in [1.807, 2.05) is 20.8 Å². The Morgan fingerprint density at radius 3 is 1.95 bits per heavy atom. The van der Waals surface area contributed by atoms with E-state index in [-0.39, 0.29) is 0 Å². The van der Waals surface area contributed by atoms with Crippen LogP contribution in [-0.2, 0) is 14.6 Å². The highest BCUT2D eigenvalue weighted by molar-refractivity contribution is 5.77. The molecule has 0 fully saturated rings. The summed E-state index contributed by atoms with van der Waals surface area (Å²) in [4.78, 5) is 22.8. The average molecular weight is 302 g/mol. The number of carboxylic acid groups (broad SMARTS) is 1. The highest BCUT2D eigenvalue weighted by atomic mass is 17.2. The summed E-state index contributed by atoms with van der Waals surface area (Å²) in [5.41, 5.74) is -1.66. The molecule has 0 aliphatic heterocycles. The van der Waals surface area contributed by atoms with E-state index in [9.17, 15) is 9.90 Å². The molecule has 0 aromatic rings. The molecule has 0 aliphatic rings. The fourth-order valence-electron chi connectivity index (χ4n) is 2.01. The van der Waals surface area contributed by atoms with Crippen molar-refractivity contribution in [2.45, 2.75) is 104 Å². The van der Waals surface area contributed by atoms with Crippen LogP contribution in [0.5, 0.6) is 0 Å². The van der Waals surface area contributed by atoms with Gasteiger partial charge >= 0.3 is 5.97 Å². The van der Waals surface area contributed by atoms with Gasteiger partial charge in [-0.3, -0.25) is 0 Å². The summed E-state index contributed by atoms with van der Waals surface area (Å²) >= 11 is 0. The van der Waals surface area contributed by atoms with Gasteiger partial charge in [-0.25, -0.2) is 14.6 Å². The lowest BCUT2D eigenvalue weighted by Gasteiger charge is -2.32. The molecule has 21 heavy (non-hydrogen) atoms. The van der Waals surface area contributed by atoms with Crippen molar-refractivity contribution in [2.75, 3.05) is 0 Å². The standard InChI is InChI=1S/C17H34O4/c1-6-9-11-12-14-17(15(18)19,13-10-7-2)21-20-16(4,5)8-3/h6-14H2,1-5H3,(H,18,19). The first-order valence-corrected chi connectivity index (χ1v) is 8.43. The molecular formula is C17H34O4. The highest BCUT2D eigenvalue weighted by Gasteiger charge is 2.41. The molecule has 1 unspecified atom stereocenters. The molecule has 0 spiro atoms. The average Bonchev–Trinajstić information content (AvgIpc) is 2.45. The lowest BCUT2D eigenvalue weighted by Crippen LogP contribution is -2.44. The minimum absolute atomic E-state index is 0.462. The van der Waals surface area contributed by atoms with Crippen molar-refractivity contribution in [1.29, 1.82) is 0 Å². The van der Waals surface area contributed by atoms with Gasteiger partial charge in [0.05, 0.1) is 5.60 Å². The van der Waals surface area contributed by atoms with Crippen molar-refractivity contribution in [3.8, 4) is 0 Å². The monoisotopic (exact) mass is 302 g/mol. The molecule has 0 rings (SSSR count). The van der Waals surface area contributed by atoms with Crippen LogP contribution in [0.15, 0.2) is 0 Å². The molecule has 0 bridgehead atoms. The third-order valence-electron chi connectivity index (χ3n) is 4.04. The van der Waals surface area contributed by atoms with E-state index in [1.165, 1.54) is 0 Å². The van der Waals surface area contributed by atoms with E-state index in [0.717, 1.165) is 44.9 Å². The fraction of sp³-hybridized carbons (Fsp3) is 0.941. The van der Waals surface area contributed by atoms with Crippen LogP contribution in [-0.4, -0.2) is 22.3 Å². The first-order valence-electron chi connectivity index (χ1n) is 8.43. The summed E-state index contributed by atoms with van der Waals surface area (Å²) in [7, 11) is 0. The molecule has 126 valence electrons. The third kappa shape index (κ3) is 7.82. The summed E-state index contributed by atoms with van der Waals surface area (Å²) in [6, 6.07) is 0. The molecule has 0 radical (unpaired) electrons. The number of carboxylic acids is 1. The maximum Gasteiger partial charge on any atom is 0.339 e. The minimum atomic E-state index is -1.20. The Morgan fingerprint density at radius 1 is 0.905 bits per heavy atom. The zero-order chi connectivity index (χ0) is 16.4. The fourth-order valence-corrected chi connectivity index (χ4v) is 2.01. The second kappa shape index (κ2) is 10.2. The van der Waals surface area contributed by atoms with Crippen LogP contribution in [0.4, 0.5) is 0 Å². The lowest BCUT2D eigenvalue weighted by atomic mass is 9.90. The van der Waals surface area contributed by atoms with Crippen molar-refractivity contribution in [1.82, 2.24) is 0 Å². The van der Waals surface area contributed by atoms with E-state index >= 15 is 0 Å². The second-order valence-corrected chi connectivity index (χ2v) is 6.49. The van der Waals surface area contributed by atoms with Crippen LogP contribution in [0.1, 0.15) is 92.4 Å². The van der Waals surface area contributed by atoms with Gasteiger partial charge in [-0.15, -0.1) is 0 Å². The van der Waals surface area contributed by atoms with Crippen LogP contribution in [0.3, 0.4) is 0 Å². The third-order valence-corrected chi connectivity index (χ3v) is 4.04. The number of carbonyl (C=O) groups is 1. The predicted octanol–water partition coefficient (Wildman–Crippen LogP) is 5.11. The molecule has 0 heterocycles. The Kier molecular flexibility index (Phi) is 9.88. The molecular weight excluding hydrogens is 268 g/mol. The zero-order valence-corrected chi connectivity index (χ0v) is 14.5. The summed E-state index contributed by atoms with van der Waals surface area (Å²) < 4.78 is 0. The van der Waals surface area contributed by atoms with Crippen molar-refractivity contribution in [3.63, 3.8) is 0 Å². The quantitative estimate of drug-likeness (QED) is 0.292. The van der Waals surface area contributed by atoms with Gasteiger partial charge in [-0.05, 0) is 39.5 Å². The van der Waals surface area contributed by atoms with Crippen LogP contribution < -0.4 is 0 Å². The maximum absolute atomic E-state index is 11.8. The summed E-state index contributed by atoms with van der Waals surface area (Å²) in [6.45, 7) is 10.0. The smallest absolute Gasteiger partial charge is 0.339 e. The van der Waals surface area contributed by atoms with Gasteiger partial charge in [0.2, 0.25) is 0 Å². The second-order valence-electron chi connectivity index (χ2n) is 6.49. The van der Waals surface area contributed by atoms with Crippen molar-refractivity contribution < 1.29 is 19.7 Å². The molecule has 0 amide bonds. The molecule has 1 atom stereocenters. The van der Waals surface area contributed by atoms with Gasteiger partial charge in [0.15, 0.2) is 5.60 Å². The maximum atomic E-state index is 11.8. The van der Waals surface area contributed by atoms with E-state index < -0.39 is 17.2 Å². The van der Waals surface area contributed by atoms with Crippen LogP contribution in [0.2, 0.25) is 0 Å². The van der Waals surface area contributed by atoms with E-state index in [0.29, 0.717) is 12.8 Å². The SMILES string of the molecule is CCCCCCC(CCCC)(OOC(C)(C)CC)C(=O)O. The van der Waals surface area contributed by atoms with Crippen molar-refractivity contribution in [3.05, 3.63) is 0 Å². The number of rotatable bonds is 13. The van der Waals surface area contributed by atoms with Gasteiger partial charge in [-0.1, -0.05) is 52.9 Å². The molecule has 0 aromatic carbocycles. The first-order chi connectivity index (χ1) is 9.83. The van der Waals surface area contributed by atoms with Crippen molar-refractivity contribution >= 4 is 5.97 Å². The summed E-state index contributed by atoms with van der Waals surface area (Å²) in [6.07, 6.45) is 7.73. The Bertz CT molecular complexity index is 289. The zero-order valence-electron chi connectivity index (χ0n) is 14.5. The molecule has 0 saturated carbocycles. The lowest BCUT2D eigenvalue weighted by molar-refractivity contribution is -0.402. The largest absolute Gasteiger partial charge is 0.479 e. The molecule has 0 saturated heterocycles. The summed E-state index contributed by atoms with van der Waals surface area (Å²) in [5.74, 6) is -0.903. The van der Waals surface area contributed by atoms with Crippen molar-refractivity contribution in [2.24, 2.45) is 0 Å². The number of hydrogen-bond acceptors (Lipinski definition) is 3. The van der Waals surface area contributed by atoms with Gasteiger partial charge in [0.1, 0.15) is 0 Å². The molecule has 0 aliphatic carbocycles. The molecule has 4 heteroatoms. The van der Waals surface area contributed by atoms with E-state index in [2.05, 4.69) is 13.8 Å². The molecule has 4 nitrogen and oxygen atoms in total. The van der Waals surface area contributed by atoms with E-state index in [4.69, 9.17) is 9.78 Å².